The van der Waals surface area contributed by atoms with Crippen LogP contribution in [0.3, 0.4) is 0 Å². The first-order chi connectivity index (χ1) is 14.9. The summed E-state index contributed by atoms with van der Waals surface area (Å²) in [4.78, 5) is 15.8. The van der Waals surface area contributed by atoms with Gasteiger partial charge in [0.2, 0.25) is 11.7 Å². The van der Waals surface area contributed by atoms with Crippen LogP contribution in [0.5, 0.6) is 0 Å². The van der Waals surface area contributed by atoms with Crippen LogP contribution in [0, 0.1) is 29.1 Å². The molecule has 2 atom stereocenters. The second kappa shape index (κ2) is 11.0. The molecule has 2 aromatic rings. The summed E-state index contributed by atoms with van der Waals surface area (Å²) in [7, 11) is 0. The largest absolute Gasteiger partial charge is 0.444 e. The van der Waals surface area contributed by atoms with Crippen molar-refractivity contribution < 1.29 is 9.21 Å². The lowest BCUT2D eigenvalue weighted by Gasteiger charge is -2.31. The van der Waals surface area contributed by atoms with E-state index in [1.54, 1.807) is 12.3 Å². The highest BCUT2D eigenvalue weighted by atomic mass is 79.9. The van der Waals surface area contributed by atoms with Crippen molar-refractivity contribution in [2.75, 3.05) is 5.32 Å². The number of hydrogen-bond acceptors (Lipinski definition) is 5. The zero-order valence-corrected chi connectivity index (χ0v) is 20.1. The number of halogens is 1. The molecule has 0 aliphatic heterocycles. The number of nitrogens with two attached hydrogens (primary N) is 1. The number of rotatable bonds is 10. The van der Waals surface area contributed by atoms with E-state index >= 15 is 0 Å². The van der Waals surface area contributed by atoms with Crippen molar-refractivity contribution in [1.29, 1.82) is 5.26 Å². The summed E-state index contributed by atoms with van der Waals surface area (Å²) >= 11 is 3.62. The summed E-state index contributed by atoms with van der Waals surface area (Å²) in [5, 5.41) is 13.5. The Morgan fingerprint density at radius 1 is 1.42 bits per heavy atom. The minimum atomic E-state index is -0.172. The molecule has 7 heteroatoms. The highest BCUT2D eigenvalue weighted by molar-refractivity contribution is 9.10. The maximum atomic E-state index is 11.3. The van der Waals surface area contributed by atoms with E-state index in [2.05, 4.69) is 40.1 Å². The van der Waals surface area contributed by atoms with E-state index in [1.165, 1.54) is 19.3 Å². The highest BCUT2D eigenvalue weighted by Gasteiger charge is 2.25. The number of carbonyl (C=O) groups is 1. The smallest absolute Gasteiger partial charge is 0.217 e. The summed E-state index contributed by atoms with van der Waals surface area (Å²) in [6, 6.07) is 4.18. The fourth-order valence-corrected chi connectivity index (χ4v) is 5.63. The van der Waals surface area contributed by atoms with Gasteiger partial charge in [-0.05, 0) is 72.2 Å². The third kappa shape index (κ3) is 6.46. The second-order valence-corrected chi connectivity index (χ2v) is 9.98. The third-order valence-electron chi connectivity index (χ3n) is 6.47. The fourth-order valence-electron chi connectivity index (χ4n) is 5.10. The summed E-state index contributed by atoms with van der Waals surface area (Å²) in [6.45, 7) is 4.50. The Labute approximate surface area is 193 Å². The second-order valence-electron chi connectivity index (χ2n) is 9.18. The number of nitrogens with zero attached hydrogens (tertiary/aromatic N) is 2. The molecule has 0 aromatic carbocycles. The molecule has 1 fully saturated rings. The molecule has 6 nitrogen and oxygen atoms in total. The first-order valence-electron chi connectivity index (χ1n) is 11.4. The number of aromatic nitrogens is 1. The van der Waals surface area contributed by atoms with E-state index in [0.29, 0.717) is 35.6 Å². The Hall–Kier alpha value is -2.07. The van der Waals surface area contributed by atoms with E-state index < -0.39 is 0 Å². The molecular weight excluding hydrogens is 456 g/mol. The van der Waals surface area contributed by atoms with E-state index in [0.717, 1.165) is 53.7 Å². The van der Waals surface area contributed by atoms with Crippen molar-refractivity contribution in [3.63, 3.8) is 0 Å². The maximum absolute atomic E-state index is 11.3. The van der Waals surface area contributed by atoms with Crippen molar-refractivity contribution in [3.8, 4) is 6.07 Å². The monoisotopic (exact) mass is 488 g/mol. The Bertz CT molecular complexity index is 928. The minimum absolute atomic E-state index is 0.172. The van der Waals surface area contributed by atoms with Crippen LogP contribution in [0.1, 0.15) is 77.4 Å². The van der Waals surface area contributed by atoms with Crippen LogP contribution in [-0.4, -0.2) is 16.9 Å². The average molecular weight is 489 g/mol. The van der Waals surface area contributed by atoms with Crippen LogP contribution in [-0.2, 0) is 4.79 Å². The van der Waals surface area contributed by atoms with Gasteiger partial charge in [0, 0.05) is 23.9 Å². The van der Waals surface area contributed by atoms with E-state index in [-0.39, 0.29) is 5.91 Å². The first kappa shape index (κ1) is 23.6. The number of primary amides is 1. The minimum Gasteiger partial charge on any atom is -0.444 e. The lowest BCUT2D eigenvalue weighted by atomic mass is 9.78. The van der Waals surface area contributed by atoms with Gasteiger partial charge >= 0.3 is 0 Å². The van der Waals surface area contributed by atoms with Crippen LogP contribution in [0.4, 0.5) is 5.82 Å². The topological polar surface area (TPSA) is 105 Å². The van der Waals surface area contributed by atoms with Gasteiger partial charge in [-0.25, -0.2) is 4.98 Å². The number of furan rings is 1. The molecule has 31 heavy (non-hydrogen) atoms. The summed E-state index contributed by atoms with van der Waals surface area (Å²) in [5.41, 5.74) is 6.05. The highest BCUT2D eigenvalue weighted by Crippen LogP contribution is 2.36. The Morgan fingerprint density at radius 3 is 2.81 bits per heavy atom. The summed E-state index contributed by atoms with van der Waals surface area (Å²) < 4.78 is 6.30. The van der Waals surface area contributed by atoms with Gasteiger partial charge in [0.05, 0.1) is 10.7 Å². The van der Waals surface area contributed by atoms with Gasteiger partial charge in [-0.2, -0.15) is 5.26 Å². The summed E-state index contributed by atoms with van der Waals surface area (Å²) in [5.74, 6) is 2.73. The number of anilines is 1. The van der Waals surface area contributed by atoms with E-state index in [9.17, 15) is 4.79 Å². The Morgan fingerprint density at radius 2 is 2.16 bits per heavy atom. The number of carbonyl (C=O) groups excluding carboxylic acids is 1. The molecule has 0 spiro atoms. The Balaban J connectivity index is 1.49. The van der Waals surface area contributed by atoms with Crippen molar-refractivity contribution in [1.82, 2.24) is 4.98 Å². The van der Waals surface area contributed by atoms with Gasteiger partial charge in [0.15, 0.2) is 5.58 Å². The number of pyridine rings is 1. The molecule has 2 heterocycles. The quantitative estimate of drug-likeness (QED) is 0.417. The predicted molar refractivity (Wildman–Crippen MR) is 126 cm³/mol. The zero-order chi connectivity index (χ0) is 22.4. The molecule has 0 bridgehead atoms. The molecule has 3 N–H and O–H groups in total. The molecule has 0 saturated heterocycles. The number of hydrogen-bond donors (Lipinski definition) is 2. The summed E-state index contributed by atoms with van der Waals surface area (Å²) in [6.07, 6.45) is 11.4. The lowest BCUT2D eigenvalue weighted by molar-refractivity contribution is -0.119. The molecule has 1 saturated carbocycles. The maximum Gasteiger partial charge on any atom is 0.217 e. The number of nitrogens with one attached hydrogen (secondary N) is 1. The van der Waals surface area contributed by atoms with Crippen LogP contribution in [0.15, 0.2) is 21.2 Å². The number of fused-ring (bicyclic) bond motifs is 1. The predicted octanol–water partition coefficient (Wildman–Crippen LogP) is 6.14. The Kier molecular flexibility index (Phi) is 8.36. The average Bonchev–Trinajstić information content (AvgIpc) is 3.15. The molecule has 3 rings (SSSR count). The van der Waals surface area contributed by atoms with Crippen molar-refractivity contribution >= 4 is 38.6 Å². The van der Waals surface area contributed by atoms with E-state index in [1.807, 2.05) is 6.07 Å². The fraction of sp³-hybridized carbons (Fsp3) is 0.625. The first-order valence-corrected chi connectivity index (χ1v) is 12.2. The van der Waals surface area contributed by atoms with E-state index in [4.69, 9.17) is 15.4 Å². The zero-order valence-electron chi connectivity index (χ0n) is 18.5. The van der Waals surface area contributed by atoms with Crippen LogP contribution < -0.4 is 11.1 Å². The standard InChI is InChI=1S/C24H33BrN4O2/c1-3-4-17(11-22(27)30)10-15(2)9-16-5-7-18(8-6-16)29-24-23(25)20-12-19(13-26)31-21(20)14-28-24/h12,14-18H,3-11H2,1-2H3,(H2,27,30)(H,28,29). The van der Waals surface area contributed by atoms with Crippen molar-refractivity contribution in [2.24, 2.45) is 23.5 Å². The SMILES string of the molecule is CCCC(CC(N)=O)CC(C)CC1CCC(Nc2ncc3oc(C#N)cc3c2Br)CC1. The molecule has 0 radical (unpaired) electrons. The molecule has 1 aliphatic rings. The van der Waals surface area contributed by atoms with Crippen molar-refractivity contribution in [3.05, 3.63) is 22.5 Å². The van der Waals surface area contributed by atoms with Crippen LogP contribution in [0.25, 0.3) is 11.0 Å². The van der Waals surface area contributed by atoms with Crippen LogP contribution >= 0.6 is 15.9 Å². The van der Waals surface area contributed by atoms with Gasteiger partial charge < -0.3 is 15.5 Å². The normalized spacial score (nSPS) is 20.8. The molecule has 168 valence electrons. The number of nitriles is 1. The number of amides is 1. The third-order valence-corrected chi connectivity index (χ3v) is 7.27. The van der Waals surface area contributed by atoms with Crippen LogP contribution in [0.2, 0.25) is 0 Å². The lowest BCUT2D eigenvalue weighted by Crippen LogP contribution is -2.27. The van der Waals surface area contributed by atoms with Gasteiger partial charge in [-0.3, -0.25) is 4.79 Å². The molecule has 2 unspecified atom stereocenters. The van der Waals surface area contributed by atoms with Crippen molar-refractivity contribution in [2.45, 2.75) is 77.7 Å². The molecule has 1 amide bonds. The van der Waals surface area contributed by atoms with Gasteiger partial charge in [0.25, 0.3) is 0 Å². The van der Waals surface area contributed by atoms with Gasteiger partial charge in [-0.1, -0.05) is 26.7 Å². The molecular formula is C24H33BrN4O2. The van der Waals surface area contributed by atoms with Gasteiger partial charge in [-0.15, -0.1) is 0 Å². The molecule has 2 aromatic heterocycles. The molecule has 1 aliphatic carbocycles. The van der Waals surface area contributed by atoms with Gasteiger partial charge in [0.1, 0.15) is 11.9 Å².